The van der Waals surface area contributed by atoms with Crippen LogP contribution in [0.3, 0.4) is 0 Å². The van der Waals surface area contributed by atoms with Gasteiger partial charge in [0.25, 0.3) is 0 Å². The van der Waals surface area contributed by atoms with Gasteiger partial charge in [-0.1, -0.05) is 0 Å². The molecule has 51 valence electrons. The molecule has 1 aromatic heterocycles. The maximum atomic E-state index is 2.86. The number of H-pyrrole nitrogens is 1. The van der Waals surface area contributed by atoms with E-state index in [9.17, 15) is 0 Å². The third-order valence-corrected chi connectivity index (χ3v) is 0.496. The van der Waals surface area contributed by atoms with Crippen molar-refractivity contribution in [3.05, 3.63) is 24.5 Å². The second-order valence-electron chi connectivity index (χ2n) is 0.885. The summed E-state index contributed by atoms with van der Waals surface area (Å²) < 4.78 is 0. The molecule has 0 atom stereocenters. The van der Waals surface area contributed by atoms with E-state index in [2.05, 4.69) is 4.98 Å². The average Bonchev–Trinajstić information content (AvgIpc) is 1.76. The van der Waals surface area contributed by atoms with Crippen molar-refractivity contribution in [1.82, 2.24) is 4.98 Å². The molecule has 0 aromatic carbocycles. The van der Waals surface area contributed by atoms with Gasteiger partial charge in [0.15, 0.2) is 0 Å². The van der Waals surface area contributed by atoms with Gasteiger partial charge in [-0.05, 0) is 12.1 Å². The molecule has 0 amide bonds. The average molecular weight is 384 g/mol. The Labute approximate surface area is 93.5 Å². The normalized spacial score (nSPS) is 5.00. The van der Waals surface area contributed by atoms with Crippen molar-refractivity contribution in [2.45, 2.75) is 0 Å². The fourth-order valence-electron chi connectivity index (χ4n) is 0.278. The van der Waals surface area contributed by atoms with Gasteiger partial charge in [-0.15, -0.1) is 0 Å². The Morgan fingerprint density at radius 2 is 1.25 bits per heavy atom. The van der Waals surface area contributed by atoms with Crippen molar-refractivity contribution in [1.29, 1.82) is 0 Å². The van der Waals surface area contributed by atoms with Crippen LogP contribution >= 0.6 is 0 Å². The minimum Gasteiger partial charge on any atom is -1.00 e. The van der Waals surface area contributed by atoms with Crippen molar-refractivity contribution in [3.63, 3.8) is 0 Å². The summed E-state index contributed by atoms with van der Waals surface area (Å²) in [6.07, 6.45) is 3.75. The standard InChI is InChI=1S/C4H5N.Cu.2HI/c1-2-4-5-3-1;;;/h1-5H;;2*1H/q;+2;;/p-2. The first-order valence-electron chi connectivity index (χ1n) is 1.58. The van der Waals surface area contributed by atoms with E-state index >= 15 is 0 Å². The van der Waals surface area contributed by atoms with Crippen LogP contribution in [0.4, 0.5) is 0 Å². The first-order valence-corrected chi connectivity index (χ1v) is 1.58. The zero-order valence-corrected chi connectivity index (χ0v) is 9.12. The molecule has 0 fully saturated rings. The summed E-state index contributed by atoms with van der Waals surface area (Å²) in [6.45, 7) is 0. The first-order chi connectivity index (χ1) is 2.50. The molecule has 0 bridgehead atoms. The summed E-state index contributed by atoms with van der Waals surface area (Å²) >= 11 is 0. The van der Waals surface area contributed by atoms with Gasteiger partial charge in [0.1, 0.15) is 0 Å². The van der Waals surface area contributed by atoms with Gasteiger partial charge in [-0.25, -0.2) is 0 Å². The fourth-order valence-corrected chi connectivity index (χ4v) is 0.278. The Hall–Kier alpha value is 1.26. The molecule has 4 heteroatoms. The molecule has 0 aliphatic rings. The SMILES string of the molecule is [Cu+2].[I-].[I-].c1cc[nH]c1. The Morgan fingerprint density at radius 3 is 1.38 bits per heavy atom. The Bertz CT molecular complexity index is 70.5. The summed E-state index contributed by atoms with van der Waals surface area (Å²) in [7, 11) is 0. The molecular formula is C4H5CuI2N. The topological polar surface area (TPSA) is 15.8 Å². The van der Waals surface area contributed by atoms with Gasteiger partial charge >= 0.3 is 17.1 Å². The van der Waals surface area contributed by atoms with E-state index in [1.165, 1.54) is 0 Å². The van der Waals surface area contributed by atoms with Crippen molar-refractivity contribution < 1.29 is 65.0 Å². The Kier molecular flexibility index (Phi) is 22.4. The largest absolute Gasteiger partial charge is 2.00 e. The number of nitrogens with one attached hydrogen (secondary N) is 1. The molecule has 1 radical (unpaired) electrons. The molecule has 0 saturated heterocycles. The molecule has 0 aliphatic carbocycles. The van der Waals surface area contributed by atoms with Crippen molar-refractivity contribution in [2.75, 3.05) is 0 Å². The smallest absolute Gasteiger partial charge is 1.00 e. The van der Waals surface area contributed by atoms with Gasteiger partial charge in [0.2, 0.25) is 0 Å². The van der Waals surface area contributed by atoms with E-state index in [1.807, 2.05) is 24.5 Å². The molecule has 1 nitrogen and oxygen atoms in total. The van der Waals surface area contributed by atoms with Gasteiger partial charge < -0.3 is 52.9 Å². The number of hydrogen-bond acceptors (Lipinski definition) is 0. The number of aromatic amines is 1. The number of rotatable bonds is 0. The molecule has 0 aliphatic heterocycles. The van der Waals surface area contributed by atoms with Crippen LogP contribution in [0, 0.1) is 0 Å². The summed E-state index contributed by atoms with van der Waals surface area (Å²) in [4.78, 5) is 2.86. The van der Waals surface area contributed by atoms with Gasteiger partial charge in [0, 0.05) is 12.4 Å². The third-order valence-electron chi connectivity index (χ3n) is 0.496. The van der Waals surface area contributed by atoms with E-state index < -0.39 is 0 Å². The van der Waals surface area contributed by atoms with Crippen LogP contribution in [-0.2, 0) is 17.1 Å². The number of hydrogen-bond donors (Lipinski definition) is 1. The molecule has 0 unspecified atom stereocenters. The predicted molar refractivity (Wildman–Crippen MR) is 20.8 cm³/mol. The molecule has 0 saturated carbocycles. The van der Waals surface area contributed by atoms with Crippen LogP contribution in [0.2, 0.25) is 0 Å². The maximum Gasteiger partial charge on any atom is 2.00 e. The van der Waals surface area contributed by atoms with Crippen molar-refractivity contribution in [3.8, 4) is 0 Å². The van der Waals surface area contributed by atoms with Crippen LogP contribution in [0.25, 0.3) is 0 Å². The van der Waals surface area contributed by atoms with Crippen molar-refractivity contribution in [2.24, 2.45) is 0 Å². The van der Waals surface area contributed by atoms with Crippen LogP contribution in [0.5, 0.6) is 0 Å². The van der Waals surface area contributed by atoms with Crippen LogP contribution in [-0.4, -0.2) is 4.98 Å². The monoisotopic (exact) mass is 384 g/mol. The second kappa shape index (κ2) is 11.1. The molecular weight excluding hydrogens is 379 g/mol. The van der Waals surface area contributed by atoms with Crippen LogP contribution in [0.1, 0.15) is 0 Å². The van der Waals surface area contributed by atoms with E-state index in [0.29, 0.717) is 0 Å². The Morgan fingerprint density at radius 1 is 0.875 bits per heavy atom. The van der Waals surface area contributed by atoms with E-state index in [1.54, 1.807) is 0 Å². The second-order valence-corrected chi connectivity index (χ2v) is 0.885. The van der Waals surface area contributed by atoms with Gasteiger partial charge in [-0.3, -0.25) is 0 Å². The molecule has 1 aromatic rings. The van der Waals surface area contributed by atoms with Crippen LogP contribution < -0.4 is 48.0 Å². The van der Waals surface area contributed by atoms with E-state index in [0.717, 1.165) is 0 Å². The van der Waals surface area contributed by atoms with Gasteiger partial charge in [0.05, 0.1) is 0 Å². The van der Waals surface area contributed by atoms with Gasteiger partial charge in [-0.2, -0.15) is 0 Å². The summed E-state index contributed by atoms with van der Waals surface area (Å²) in [5, 5.41) is 0. The minimum absolute atomic E-state index is 0. The summed E-state index contributed by atoms with van der Waals surface area (Å²) in [5.74, 6) is 0. The van der Waals surface area contributed by atoms with E-state index in [4.69, 9.17) is 0 Å². The third kappa shape index (κ3) is 7.26. The molecule has 1 rings (SSSR count). The first kappa shape index (κ1) is 16.1. The quantitative estimate of drug-likeness (QED) is 0.341. The number of aromatic nitrogens is 1. The zero-order chi connectivity index (χ0) is 3.54. The molecule has 8 heavy (non-hydrogen) atoms. The zero-order valence-electron chi connectivity index (χ0n) is 3.87. The van der Waals surface area contributed by atoms with Crippen LogP contribution in [0.15, 0.2) is 24.5 Å². The molecule has 1 heterocycles. The van der Waals surface area contributed by atoms with E-state index in [-0.39, 0.29) is 65.0 Å². The molecule has 0 spiro atoms. The number of halogens is 2. The predicted octanol–water partition coefficient (Wildman–Crippen LogP) is -4.98. The fraction of sp³-hybridized carbons (Fsp3) is 0. The summed E-state index contributed by atoms with van der Waals surface area (Å²) in [6, 6.07) is 3.89. The maximum absolute atomic E-state index is 2.86. The van der Waals surface area contributed by atoms with Crippen molar-refractivity contribution >= 4 is 0 Å². The Balaban J connectivity index is -0.0000000833. The minimum atomic E-state index is 0. The summed E-state index contributed by atoms with van der Waals surface area (Å²) in [5.41, 5.74) is 0. The molecule has 1 N–H and O–H groups in total.